The summed E-state index contributed by atoms with van der Waals surface area (Å²) in [6.45, 7) is 1.82. The van der Waals surface area contributed by atoms with E-state index in [0.717, 1.165) is 5.56 Å². The Labute approximate surface area is 155 Å². The number of hydrogen-bond donors (Lipinski definition) is 2. The van der Waals surface area contributed by atoms with Crippen molar-refractivity contribution in [3.8, 4) is 5.75 Å². The fraction of sp³-hybridized carbons (Fsp3) is 0.167. The summed E-state index contributed by atoms with van der Waals surface area (Å²) in [6, 6.07) is 10.4. The van der Waals surface area contributed by atoms with Crippen LogP contribution < -0.4 is 15.4 Å². The standard InChI is InChI=1S/C18H17N7O2/c1-11-15(17(26)21-13-7-3-4-8-14(13)27-2)16(12-6-5-9-19-10-12)25-18(20-11)22-23-24-25/h3-10,16H,1-2H3,(H,21,26)(H,20,22,24). The van der Waals surface area contributed by atoms with Crippen LogP contribution in [0.1, 0.15) is 18.5 Å². The molecular weight excluding hydrogens is 346 g/mol. The molecule has 3 aromatic rings. The third kappa shape index (κ3) is 2.99. The molecule has 27 heavy (non-hydrogen) atoms. The molecule has 4 rings (SSSR count). The van der Waals surface area contributed by atoms with Gasteiger partial charge in [0, 0.05) is 18.1 Å². The van der Waals surface area contributed by atoms with Crippen LogP contribution in [0.25, 0.3) is 0 Å². The first-order chi connectivity index (χ1) is 13.2. The van der Waals surface area contributed by atoms with Crippen molar-refractivity contribution < 1.29 is 9.53 Å². The number of ether oxygens (including phenoxy) is 1. The Kier molecular flexibility index (Phi) is 4.25. The maximum atomic E-state index is 13.2. The van der Waals surface area contributed by atoms with Crippen LogP contribution in [-0.2, 0) is 4.79 Å². The quantitative estimate of drug-likeness (QED) is 0.730. The number of benzene rings is 1. The minimum Gasteiger partial charge on any atom is -0.495 e. The van der Waals surface area contributed by atoms with Crippen molar-refractivity contribution in [1.82, 2.24) is 25.2 Å². The number of pyridine rings is 1. The molecule has 0 fully saturated rings. The van der Waals surface area contributed by atoms with E-state index in [9.17, 15) is 4.79 Å². The van der Waals surface area contributed by atoms with Gasteiger partial charge in [-0.2, -0.15) is 4.68 Å². The van der Waals surface area contributed by atoms with E-state index in [-0.39, 0.29) is 5.91 Å². The normalized spacial score (nSPS) is 15.7. The van der Waals surface area contributed by atoms with E-state index >= 15 is 0 Å². The minimum absolute atomic E-state index is 0.278. The maximum absolute atomic E-state index is 13.2. The Morgan fingerprint density at radius 1 is 1.26 bits per heavy atom. The summed E-state index contributed by atoms with van der Waals surface area (Å²) in [6.07, 6.45) is 3.38. The van der Waals surface area contributed by atoms with Crippen molar-refractivity contribution >= 4 is 17.5 Å². The SMILES string of the molecule is COc1ccccc1NC(=O)C1=C(C)Nc2nnnn2C1c1cccnc1. The van der Waals surface area contributed by atoms with Crippen molar-refractivity contribution in [2.45, 2.75) is 13.0 Å². The predicted molar refractivity (Wildman–Crippen MR) is 98.1 cm³/mol. The zero-order valence-corrected chi connectivity index (χ0v) is 14.7. The number of amides is 1. The summed E-state index contributed by atoms with van der Waals surface area (Å²) in [7, 11) is 1.56. The topological polar surface area (TPSA) is 107 Å². The molecule has 2 aromatic heterocycles. The number of para-hydroxylation sites is 2. The molecular formula is C18H17N7O2. The average molecular weight is 363 g/mol. The van der Waals surface area contributed by atoms with Crippen LogP contribution in [-0.4, -0.2) is 38.2 Å². The van der Waals surface area contributed by atoms with Crippen molar-refractivity contribution in [2.24, 2.45) is 0 Å². The van der Waals surface area contributed by atoms with E-state index in [1.165, 1.54) is 0 Å². The van der Waals surface area contributed by atoms with E-state index in [2.05, 4.69) is 31.1 Å². The molecule has 1 unspecified atom stereocenters. The van der Waals surface area contributed by atoms with E-state index < -0.39 is 6.04 Å². The van der Waals surface area contributed by atoms with Crippen molar-refractivity contribution in [2.75, 3.05) is 17.7 Å². The summed E-state index contributed by atoms with van der Waals surface area (Å²) >= 11 is 0. The van der Waals surface area contributed by atoms with E-state index in [1.54, 1.807) is 36.3 Å². The molecule has 0 saturated heterocycles. The molecule has 1 atom stereocenters. The second kappa shape index (κ2) is 6.87. The number of anilines is 2. The number of hydrogen-bond acceptors (Lipinski definition) is 7. The molecule has 9 heteroatoms. The monoisotopic (exact) mass is 363 g/mol. The Balaban J connectivity index is 1.76. The second-order valence-corrected chi connectivity index (χ2v) is 5.95. The molecule has 9 nitrogen and oxygen atoms in total. The van der Waals surface area contributed by atoms with Gasteiger partial charge in [0.05, 0.1) is 18.4 Å². The van der Waals surface area contributed by atoms with Gasteiger partial charge in [-0.25, -0.2) is 0 Å². The highest BCUT2D eigenvalue weighted by Crippen LogP contribution is 2.35. The highest BCUT2D eigenvalue weighted by atomic mass is 16.5. The lowest BCUT2D eigenvalue weighted by molar-refractivity contribution is -0.113. The van der Waals surface area contributed by atoms with Crippen LogP contribution in [0.4, 0.5) is 11.6 Å². The van der Waals surface area contributed by atoms with Crippen molar-refractivity contribution in [1.29, 1.82) is 0 Å². The van der Waals surface area contributed by atoms with Crippen LogP contribution in [0.2, 0.25) is 0 Å². The molecule has 0 saturated carbocycles. The molecule has 1 aromatic carbocycles. The highest BCUT2D eigenvalue weighted by Gasteiger charge is 2.34. The summed E-state index contributed by atoms with van der Waals surface area (Å²) in [5.74, 6) is 0.767. The van der Waals surface area contributed by atoms with Gasteiger partial charge in [-0.1, -0.05) is 23.3 Å². The Bertz CT molecular complexity index is 1010. The second-order valence-electron chi connectivity index (χ2n) is 5.95. The number of carbonyl (C=O) groups is 1. The number of fused-ring (bicyclic) bond motifs is 1. The van der Waals surface area contributed by atoms with Gasteiger partial charge < -0.3 is 15.4 Å². The first kappa shape index (κ1) is 16.7. The summed E-state index contributed by atoms with van der Waals surface area (Å²) in [5.41, 5.74) is 2.54. The molecule has 1 aliphatic heterocycles. The van der Waals surface area contributed by atoms with Gasteiger partial charge >= 0.3 is 0 Å². The third-order valence-electron chi connectivity index (χ3n) is 4.31. The largest absolute Gasteiger partial charge is 0.495 e. The van der Waals surface area contributed by atoms with Gasteiger partial charge in [0.2, 0.25) is 5.95 Å². The summed E-state index contributed by atoms with van der Waals surface area (Å²) < 4.78 is 6.89. The smallest absolute Gasteiger partial charge is 0.255 e. The van der Waals surface area contributed by atoms with Crippen LogP contribution in [0, 0.1) is 0 Å². The number of nitrogens with one attached hydrogen (secondary N) is 2. The zero-order chi connectivity index (χ0) is 18.8. The Morgan fingerprint density at radius 2 is 2.11 bits per heavy atom. The van der Waals surface area contributed by atoms with Gasteiger partial charge in [-0.05, 0) is 41.1 Å². The molecule has 1 aliphatic rings. The van der Waals surface area contributed by atoms with Crippen LogP contribution >= 0.6 is 0 Å². The van der Waals surface area contributed by atoms with Crippen LogP contribution in [0.3, 0.4) is 0 Å². The summed E-state index contributed by atoms with van der Waals surface area (Å²) in [4.78, 5) is 17.4. The molecule has 0 bridgehead atoms. The molecule has 136 valence electrons. The van der Waals surface area contributed by atoms with Crippen LogP contribution in [0.5, 0.6) is 5.75 Å². The first-order valence-electron chi connectivity index (χ1n) is 8.29. The third-order valence-corrected chi connectivity index (χ3v) is 4.31. The Morgan fingerprint density at radius 3 is 2.89 bits per heavy atom. The van der Waals surface area contributed by atoms with Gasteiger partial charge in [-0.15, -0.1) is 0 Å². The van der Waals surface area contributed by atoms with Gasteiger partial charge in [-0.3, -0.25) is 9.78 Å². The number of nitrogens with zero attached hydrogens (tertiary/aromatic N) is 5. The highest BCUT2D eigenvalue weighted by molar-refractivity contribution is 6.06. The van der Waals surface area contributed by atoms with Crippen molar-refractivity contribution in [3.63, 3.8) is 0 Å². The fourth-order valence-electron chi connectivity index (χ4n) is 3.09. The Hall–Kier alpha value is -3.75. The molecule has 2 N–H and O–H groups in total. The molecule has 1 amide bonds. The van der Waals surface area contributed by atoms with E-state index in [0.29, 0.717) is 28.7 Å². The van der Waals surface area contributed by atoms with Gasteiger partial charge in [0.1, 0.15) is 11.8 Å². The van der Waals surface area contributed by atoms with Crippen LogP contribution in [0.15, 0.2) is 60.1 Å². The number of allylic oxidation sites excluding steroid dienone is 1. The number of methoxy groups -OCH3 is 1. The predicted octanol–water partition coefficient (Wildman–Crippen LogP) is 2.00. The maximum Gasteiger partial charge on any atom is 0.255 e. The van der Waals surface area contributed by atoms with E-state index in [1.807, 2.05) is 31.2 Å². The number of aromatic nitrogens is 5. The zero-order valence-electron chi connectivity index (χ0n) is 14.7. The van der Waals surface area contributed by atoms with Gasteiger partial charge in [0.25, 0.3) is 5.91 Å². The number of rotatable bonds is 4. The fourth-order valence-corrected chi connectivity index (χ4v) is 3.09. The molecule has 0 spiro atoms. The lowest BCUT2D eigenvalue weighted by Gasteiger charge is -2.27. The molecule has 0 aliphatic carbocycles. The minimum atomic E-state index is -0.500. The number of tetrazole rings is 1. The molecule has 0 radical (unpaired) electrons. The lowest BCUT2D eigenvalue weighted by Crippen LogP contribution is -2.31. The van der Waals surface area contributed by atoms with Crippen molar-refractivity contribution in [3.05, 3.63) is 65.6 Å². The average Bonchev–Trinajstić information content (AvgIpc) is 3.15. The lowest BCUT2D eigenvalue weighted by atomic mass is 9.96. The van der Waals surface area contributed by atoms with Gasteiger partial charge in [0.15, 0.2) is 0 Å². The van der Waals surface area contributed by atoms with E-state index in [4.69, 9.17) is 4.74 Å². The number of carbonyl (C=O) groups excluding carboxylic acids is 1. The first-order valence-corrected chi connectivity index (χ1v) is 8.29. The summed E-state index contributed by atoms with van der Waals surface area (Å²) in [5, 5.41) is 17.7. The molecule has 3 heterocycles.